The molecule has 2 atom stereocenters. The zero-order valence-corrected chi connectivity index (χ0v) is 14.1. The Labute approximate surface area is 141 Å². The topological polar surface area (TPSA) is 66.8 Å². The second-order valence-corrected chi connectivity index (χ2v) is 6.60. The quantitative estimate of drug-likeness (QED) is 0.864. The van der Waals surface area contributed by atoms with E-state index < -0.39 is 12.1 Å². The van der Waals surface area contributed by atoms with E-state index in [1.165, 1.54) is 0 Å². The molecule has 1 N–H and O–H groups in total. The number of carboxylic acid groups (broad SMARTS) is 1. The van der Waals surface area contributed by atoms with Crippen molar-refractivity contribution in [3.05, 3.63) is 29.3 Å². The van der Waals surface area contributed by atoms with Crippen molar-refractivity contribution < 1.29 is 19.4 Å². The van der Waals surface area contributed by atoms with Crippen LogP contribution in [0.3, 0.4) is 0 Å². The number of ether oxygens (including phenoxy) is 1. The molecule has 0 radical (unpaired) electrons. The summed E-state index contributed by atoms with van der Waals surface area (Å²) >= 11 is 5.95. The molecule has 1 heterocycles. The second kappa shape index (κ2) is 7.68. The number of carboxylic acids is 1. The molecule has 1 aliphatic rings. The van der Waals surface area contributed by atoms with E-state index in [0.29, 0.717) is 17.3 Å². The third-order valence-electron chi connectivity index (χ3n) is 3.98. The van der Waals surface area contributed by atoms with Crippen molar-refractivity contribution in [1.29, 1.82) is 0 Å². The minimum atomic E-state index is -0.883. The maximum absolute atomic E-state index is 12.8. The van der Waals surface area contributed by atoms with Crippen molar-refractivity contribution in [3.63, 3.8) is 0 Å². The van der Waals surface area contributed by atoms with Crippen LogP contribution in [-0.4, -0.2) is 40.6 Å². The van der Waals surface area contributed by atoms with Gasteiger partial charge in [-0.1, -0.05) is 31.5 Å². The smallest absolute Gasteiger partial charge is 0.305 e. The molecule has 1 aromatic rings. The molecule has 0 bridgehead atoms. The van der Waals surface area contributed by atoms with Gasteiger partial charge >= 0.3 is 5.97 Å². The van der Waals surface area contributed by atoms with Crippen LogP contribution in [0.15, 0.2) is 24.3 Å². The number of likely N-dealkylation sites (tertiary alicyclic amines) is 1. The van der Waals surface area contributed by atoms with E-state index in [1.54, 1.807) is 29.2 Å². The van der Waals surface area contributed by atoms with Gasteiger partial charge in [0.2, 0.25) is 0 Å². The van der Waals surface area contributed by atoms with E-state index in [1.807, 2.05) is 13.8 Å². The van der Waals surface area contributed by atoms with Crippen molar-refractivity contribution in [3.8, 4) is 5.75 Å². The van der Waals surface area contributed by atoms with Gasteiger partial charge in [0.15, 0.2) is 6.10 Å². The predicted molar refractivity (Wildman–Crippen MR) is 87.7 cm³/mol. The third-order valence-corrected chi connectivity index (χ3v) is 4.21. The van der Waals surface area contributed by atoms with Crippen molar-refractivity contribution in [2.45, 2.75) is 45.3 Å². The number of benzene rings is 1. The molecule has 6 heteroatoms. The van der Waals surface area contributed by atoms with Crippen LogP contribution in [0.4, 0.5) is 0 Å². The standard InChI is InChI=1S/C17H22ClNO4/c1-11(2)16(23-14-7-3-5-12(18)9-14)17(22)19-8-4-6-13(19)10-15(20)21/h3,5,7,9,11,13,16H,4,6,8,10H2,1-2H3,(H,20,21). The van der Waals surface area contributed by atoms with Gasteiger partial charge in [0, 0.05) is 17.6 Å². The van der Waals surface area contributed by atoms with Crippen molar-refractivity contribution in [2.24, 2.45) is 5.92 Å². The fraction of sp³-hybridized carbons (Fsp3) is 0.529. The number of halogens is 1. The average molecular weight is 340 g/mol. The van der Waals surface area contributed by atoms with Gasteiger partial charge in [-0.05, 0) is 37.0 Å². The van der Waals surface area contributed by atoms with Crippen molar-refractivity contribution >= 4 is 23.5 Å². The van der Waals surface area contributed by atoms with Gasteiger partial charge < -0.3 is 14.7 Å². The summed E-state index contributed by atoms with van der Waals surface area (Å²) in [5.41, 5.74) is 0. The normalized spacial score (nSPS) is 19.0. The molecule has 23 heavy (non-hydrogen) atoms. The summed E-state index contributed by atoms with van der Waals surface area (Å²) < 4.78 is 5.86. The minimum Gasteiger partial charge on any atom is -0.481 e. The lowest BCUT2D eigenvalue weighted by molar-refractivity contribution is -0.144. The molecular formula is C17H22ClNO4. The first-order chi connectivity index (χ1) is 10.9. The lowest BCUT2D eigenvalue weighted by atomic mass is 10.0. The highest BCUT2D eigenvalue weighted by Gasteiger charge is 2.36. The lowest BCUT2D eigenvalue weighted by Gasteiger charge is -2.30. The maximum atomic E-state index is 12.8. The lowest BCUT2D eigenvalue weighted by Crippen LogP contribution is -2.47. The Morgan fingerprint density at radius 1 is 1.43 bits per heavy atom. The first-order valence-corrected chi connectivity index (χ1v) is 8.20. The molecule has 126 valence electrons. The van der Waals surface area contributed by atoms with E-state index in [2.05, 4.69) is 0 Å². The zero-order chi connectivity index (χ0) is 17.0. The third kappa shape index (κ3) is 4.61. The van der Waals surface area contributed by atoms with Gasteiger partial charge in [-0.2, -0.15) is 0 Å². The monoisotopic (exact) mass is 339 g/mol. The molecule has 2 unspecified atom stereocenters. The van der Waals surface area contributed by atoms with Crippen LogP contribution in [0.5, 0.6) is 5.75 Å². The summed E-state index contributed by atoms with van der Waals surface area (Å²) in [5.74, 6) is -0.527. The second-order valence-electron chi connectivity index (χ2n) is 6.17. The Balaban J connectivity index is 2.13. The summed E-state index contributed by atoms with van der Waals surface area (Å²) in [4.78, 5) is 25.5. The number of hydrogen-bond donors (Lipinski definition) is 1. The van der Waals surface area contributed by atoms with E-state index in [4.69, 9.17) is 21.4 Å². The summed E-state index contributed by atoms with van der Waals surface area (Å²) in [6, 6.07) is 6.69. The predicted octanol–water partition coefficient (Wildman–Crippen LogP) is 3.21. The molecule has 1 aliphatic heterocycles. The molecule has 2 rings (SSSR count). The number of amides is 1. The minimum absolute atomic E-state index is 0.0201. The first kappa shape index (κ1) is 17.6. The molecule has 1 amide bonds. The van der Waals surface area contributed by atoms with Gasteiger partial charge in [-0.3, -0.25) is 9.59 Å². The number of aliphatic carboxylic acids is 1. The molecule has 0 spiro atoms. The number of carbonyl (C=O) groups excluding carboxylic acids is 1. The maximum Gasteiger partial charge on any atom is 0.305 e. The Kier molecular flexibility index (Phi) is 5.88. The fourth-order valence-electron chi connectivity index (χ4n) is 2.86. The van der Waals surface area contributed by atoms with E-state index in [-0.39, 0.29) is 24.3 Å². The Morgan fingerprint density at radius 2 is 2.17 bits per heavy atom. The highest BCUT2D eigenvalue weighted by Crippen LogP contribution is 2.26. The van der Waals surface area contributed by atoms with Crippen molar-refractivity contribution in [2.75, 3.05) is 6.54 Å². The molecule has 0 aromatic heterocycles. The number of rotatable bonds is 6. The average Bonchev–Trinajstić information content (AvgIpc) is 2.91. The van der Waals surface area contributed by atoms with E-state index in [0.717, 1.165) is 12.8 Å². The van der Waals surface area contributed by atoms with Gasteiger partial charge in [0.1, 0.15) is 5.75 Å². The summed E-state index contributed by atoms with van der Waals surface area (Å²) in [7, 11) is 0. The Hall–Kier alpha value is -1.75. The van der Waals surface area contributed by atoms with Crippen LogP contribution < -0.4 is 4.74 Å². The van der Waals surface area contributed by atoms with Crippen LogP contribution in [0, 0.1) is 5.92 Å². The fourth-order valence-corrected chi connectivity index (χ4v) is 3.04. The molecule has 1 fully saturated rings. The molecule has 1 aromatic carbocycles. The Bertz CT molecular complexity index is 575. The van der Waals surface area contributed by atoms with Crippen LogP contribution >= 0.6 is 11.6 Å². The molecule has 0 aliphatic carbocycles. The number of carbonyl (C=O) groups is 2. The molecule has 5 nitrogen and oxygen atoms in total. The Morgan fingerprint density at radius 3 is 2.78 bits per heavy atom. The van der Waals surface area contributed by atoms with Crippen LogP contribution in [0.2, 0.25) is 5.02 Å². The summed E-state index contributed by atoms with van der Waals surface area (Å²) in [6.45, 7) is 4.41. The molecular weight excluding hydrogens is 318 g/mol. The number of hydrogen-bond acceptors (Lipinski definition) is 3. The van der Waals surface area contributed by atoms with Gasteiger partial charge in [-0.25, -0.2) is 0 Å². The summed E-state index contributed by atoms with van der Waals surface area (Å²) in [5, 5.41) is 9.55. The van der Waals surface area contributed by atoms with Crippen molar-refractivity contribution in [1.82, 2.24) is 4.90 Å². The zero-order valence-electron chi connectivity index (χ0n) is 13.4. The van der Waals surface area contributed by atoms with Gasteiger partial charge in [0.05, 0.1) is 6.42 Å². The summed E-state index contributed by atoms with van der Waals surface area (Å²) in [6.07, 6.45) is 0.877. The number of nitrogens with zero attached hydrogens (tertiary/aromatic N) is 1. The molecule has 1 saturated heterocycles. The highest BCUT2D eigenvalue weighted by molar-refractivity contribution is 6.30. The molecule has 0 saturated carbocycles. The van der Waals surface area contributed by atoms with Crippen LogP contribution in [0.25, 0.3) is 0 Å². The van der Waals surface area contributed by atoms with Gasteiger partial charge in [0.25, 0.3) is 5.91 Å². The van der Waals surface area contributed by atoms with Crippen LogP contribution in [0.1, 0.15) is 33.1 Å². The largest absolute Gasteiger partial charge is 0.481 e. The highest BCUT2D eigenvalue weighted by atomic mass is 35.5. The first-order valence-electron chi connectivity index (χ1n) is 7.83. The van der Waals surface area contributed by atoms with E-state index in [9.17, 15) is 9.59 Å². The SMILES string of the molecule is CC(C)C(Oc1cccc(Cl)c1)C(=O)N1CCCC1CC(=O)O. The van der Waals surface area contributed by atoms with E-state index >= 15 is 0 Å². The van der Waals surface area contributed by atoms with Crippen LogP contribution in [-0.2, 0) is 9.59 Å². The van der Waals surface area contributed by atoms with Gasteiger partial charge in [-0.15, -0.1) is 0 Å².